The van der Waals surface area contributed by atoms with E-state index in [1.54, 1.807) is 6.07 Å². The maximum Gasteiger partial charge on any atom is 0.335 e. The number of carbonyl (C=O) groups excluding carboxylic acids is 1. The molecule has 0 aliphatic carbocycles. The first-order chi connectivity index (χ1) is 10.8. The molecule has 0 bridgehead atoms. The maximum absolute atomic E-state index is 11.8. The van der Waals surface area contributed by atoms with Crippen molar-refractivity contribution in [2.45, 2.75) is 37.1 Å². The van der Waals surface area contributed by atoms with Crippen molar-refractivity contribution in [2.24, 2.45) is 0 Å². The van der Waals surface area contributed by atoms with Gasteiger partial charge in [-0.15, -0.1) is 0 Å². The molecule has 9 heteroatoms. The van der Waals surface area contributed by atoms with E-state index in [4.69, 9.17) is 14.6 Å². The predicted octanol–water partition coefficient (Wildman–Crippen LogP) is -1.63. The molecule has 126 valence electrons. The van der Waals surface area contributed by atoms with Crippen molar-refractivity contribution in [2.75, 3.05) is 0 Å². The lowest BCUT2D eigenvalue weighted by Crippen LogP contribution is -2.60. The number of aromatic hydroxyl groups is 1. The molecule has 0 radical (unpaired) electrons. The molecule has 1 aliphatic rings. The van der Waals surface area contributed by atoms with Crippen LogP contribution in [0.1, 0.15) is 5.56 Å². The first-order valence-corrected chi connectivity index (χ1v) is 6.69. The summed E-state index contributed by atoms with van der Waals surface area (Å²) in [6.45, 7) is 0. The van der Waals surface area contributed by atoms with Gasteiger partial charge in [-0.25, -0.2) is 4.79 Å². The van der Waals surface area contributed by atoms with E-state index in [9.17, 15) is 30.0 Å². The summed E-state index contributed by atoms with van der Waals surface area (Å²) in [4.78, 5) is 22.7. The number of esters is 1. The van der Waals surface area contributed by atoms with Gasteiger partial charge in [0.2, 0.25) is 6.29 Å². The molecule has 1 heterocycles. The summed E-state index contributed by atoms with van der Waals surface area (Å²) >= 11 is 0. The molecule has 5 atom stereocenters. The number of aliphatic hydroxyl groups excluding tert-OH is 3. The van der Waals surface area contributed by atoms with Crippen molar-refractivity contribution in [1.82, 2.24) is 0 Å². The smallest absolute Gasteiger partial charge is 0.335 e. The second-order valence-electron chi connectivity index (χ2n) is 5.07. The fraction of sp³-hybridized carbons (Fsp3) is 0.429. The van der Waals surface area contributed by atoms with Crippen molar-refractivity contribution >= 4 is 11.9 Å². The zero-order chi connectivity index (χ0) is 17.1. The Balaban J connectivity index is 2.02. The van der Waals surface area contributed by atoms with E-state index in [1.165, 1.54) is 18.2 Å². The SMILES string of the molecule is O=C(Cc1cccc(O)c1)OC1OC(C(=O)O)C(O)C(O)C1O. The Morgan fingerprint density at radius 2 is 1.83 bits per heavy atom. The van der Waals surface area contributed by atoms with Gasteiger partial charge in [0.1, 0.15) is 24.1 Å². The van der Waals surface area contributed by atoms with Gasteiger partial charge < -0.3 is 35.0 Å². The molecule has 0 amide bonds. The number of hydrogen-bond acceptors (Lipinski definition) is 8. The van der Waals surface area contributed by atoms with Crippen LogP contribution in [-0.2, 0) is 25.5 Å². The Morgan fingerprint density at radius 3 is 2.43 bits per heavy atom. The molecule has 5 N–H and O–H groups in total. The lowest BCUT2D eigenvalue weighted by molar-refractivity contribution is -0.286. The van der Waals surface area contributed by atoms with Crippen molar-refractivity contribution in [3.05, 3.63) is 29.8 Å². The van der Waals surface area contributed by atoms with Gasteiger partial charge in [0.25, 0.3) is 0 Å². The molecule has 1 aromatic rings. The fourth-order valence-corrected chi connectivity index (χ4v) is 2.15. The number of hydrogen-bond donors (Lipinski definition) is 5. The van der Waals surface area contributed by atoms with Gasteiger partial charge in [-0.05, 0) is 17.7 Å². The molecule has 0 aromatic heterocycles. The summed E-state index contributed by atoms with van der Waals surface area (Å²) < 4.78 is 9.64. The van der Waals surface area contributed by atoms with Gasteiger partial charge in [-0.1, -0.05) is 12.1 Å². The van der Waals surface area contributed by atoms with Crippen LogP contribution in [0.5, 0.6) is 5.75 Å². The third-order valence-electron chi connectivity index (χ3n) is 3.32. The van der Waals surface area contributed by atoms with E-state index in [-0.39, 0.29) is 12.2 Å². The van der Waals surface area contributed by atoms with Crippen LogP contribution in [-0.4, -0.2) is 68.2 Å². The topological polar surface area (TPSA) is 154 Å². The Kier molecular flexibility index (Phi) is 5.16. The van der Waals surface area contributed by atoms with Crippen molar-refractivity contribution < 1.29 is 44.6 Å². The summed E-state index contributed by atoms with van der Waals surface area (Å²) in [6.07, 6.45) is -9.34. The third kappa shape index (κ3) is 3.96. The predicted molar refractivity (Wildman–Crippen MR) is 72.2 cm³/mol. The number of carboxylic acid groups (broad SMARTS) is 1. The van der Waals surface area contributed by atoms with Crippen LogP contribution in [0, 0.1) is 0 Å². The Hall–Kier alpha value is -2.20. The van der Waals surface area contributed by atoms with Crippen LogP contribution in [0.3, 0.4) is 0 Å². The van der Waals surface area contributed by atoms with Crippen LogP contribution in [0.2, 0.25) is 0 Å². The van der Waals surface area contributed by atoms with Crippen LogP contribution < -0.4 is 0 Å². The summed E-state index contributed by atoms with van der Waals surface area (Å²) in [5.41, 5.74) is 0.427. The molecule has 1 saturated heterocycles. The minimum Gasteiger partial charge on any atom is -0.508 e. The molecule has 0 spiro atoms. The second-order valence-corrected chi connectivity index (χ2v) is 5.07. The molecule has 1 aromatic carbocycles. The number of ether oxygens (including phenoxy) is 2. The lowest BCUT2D eigenvalue weighted by Gasteiger charge is -2.37. The Labute approximate surface area is 130 Å². The van der Waals surface area contributed by atoms with Crippen molar-refractivity contribution in [3.8, 4) is 5.75 Å². The van der Waals surface area contributed by atoms with Gasteiger partial charge >= 0.3 is 11.9 Å². The summed E-state index contributed by atoms with van der Waals surface area (Å²) in [5, 5.41) is 47.0. The maximum atomic E-state index is 11.8. The number of benzene rings is 1. The van der Waals surface area contributed by atoms with E-state index in [2.05, 4.69) is 0 Å². The number of phenolic OH excluding ortho intramolecular Hbond substituents is 1. The van der Waals surface area contributed by atoms with Gasteiger partial charge in [0, 0.05) is 0 Å². The Morgan fingerprint density at radius 1 is 1.13 bits per heavy atom. The number of aliphatic hydroxyl groups is 3. The quantitative estimate of drug-likeness (QED) is 0.410. The molecule has 9 nitrogen and oxygen atoms in total. The summed E-state index contributed by atoms with van der Waals surface area (Å²) in [5.74, 6) is -2.49. The second kappa shape index (κ2) is 6.92. The number of aliphatic carboxylic acids is 1. The van der Waals surface area contributed by atoms with E-state index >= 15 is 0 Å². The summed E-state index contributed by atoms with van der Waals surface area (Å²) in [6, 6.07) is 5.82. The fourth-order valence-electron chi connectivity index (χ4n) is 2.15. The van der Waals surface area contributed by atoms with Gasteiger partial charge in [0.05, 0.1) is 6.42 Å². The van der Waals surface area contributed by atoms with Crippen LogP contribution in [0.4, 0.5) is 0 Å². The molecular weight excluding hydrogens is 312 g/mol. The average molecular weight is 328 g/mol. The van der Waals surface area contributed by atoms with Crippen LogP contribution in [0.25, 0.3) is 0 Å². The largest absolute Gasteiger partial charge is 0.508 e. The number of carbonyl (C=O) groups is 2. The number of phenols is 1. The van der Waals surface area contributed by atoms with E-state index < -0.39 is 42.6 Å². The first-order valence-electron chi connectivity index (χ1n) is 6.69. The van der Waals surface area contributed by atoms with Gasteiger partial charge in [0.15, 0.2) is 6.10 Å². The Bertz CT molecular complexity index is 587. The molecule has 1 fully saturated rings. The zero-order valence-corrected chi connectivity index (χ0v) is 11.8. The van der Waals surface area contributed by atoms with E-state index in [0.717, 1.165) is 0 Å². The highest BCUT2D eigenvalue weighted by Crippen LogP contribution is 2.23. The van der Waals surface area contributed by atoms with Crippen LogP contribution >= 0.6 is 0 Å². The normalized spacial score (nSPS) is 30.7. The lowest BCUT2D eigenvalue weighted by atomic mass is 9.99. The molecule has 23 heavy (non-hydrogen) atoms. The average Bonchev–Trinajstić information content (AvgIpc) is 2.47. The monoisotopic (exact) mass is 328 g/mol. The van der Waals surface area contributed by atoms with Crippen molar-refractivity contribution in [1.29, 1.82) is 0 Å². The molecule has 5 unspecified atom stereocenters. The van der Waals surface area contributed by atoms with Gasteiger partial charge in [-0.3, -0.25) is 4.79 Å². The third-order valence-corrected chi connectivity index (χ3v) is 3.32. The van der Waals surface area contributed by atoms with E-state index in [0.29, 0.717) is 5.56 Å². The minimum absolute atomic E-state index is 0.0475. The summed E-state index contributed by atoms with van der Waals surface area (Å²) in [7, 11) is 0. The number of rotatable bonds is 4. The zero-order valence-electron chi connectivity index (χ0n) is 11.8. The highest BCUT2D eigenvalue weighted by Gasteiger charge is 2.48. The molecule has 0 saturated carbocycles. The molecule has 1 aliphatic heterocycles. The molecular formula is C14H16O9. The van der Waals surface area contributed by atoms with Crippen LogP contribution in [0.15, 0.2) is 24.3 Å². The molecule has 2 rings (SSSR count). The van der Waals surface area contributed by atoms with E-state index in [1.807, 2.05) is 0 Å². The van der Waals surface area contributed by atoms with Crippen molar-refractivity contribution in [3.63, 3.8) is 0 Å². The standard InChI is InChI=1S/C14H16O9/c15-7-3-1-2-6(4-7)5-8(16)22-14-11(19)9(17)10(18)12(23-14)13(20)21/h1-4,9-12,14-15,17-19H,5H2,(H,20,21). The minimum atomic E-state index is -1.86. The first kappa shape index (κ1) is 17.2. The highest BCUT2D eigenvalue weighted by molar-refractivity contribution is 5.74. The van der Waals surface area contributed by atoms with Gasteiger partial charge in [-0.2, -0.15) is 0 Å². The highest BCUT2D eigenvalue weighted by atomic mass is 16.7. The number of carboxylic acids is 1.